The zero-order chi connectivity index (χ0) is 21.1. The van der Waals surface area contributed by atoms with E-state index in [1.54, 1.807) is 29.2 Å². The van der Waals surface area contributed by atoms with Crippen molar-refractivity contribution >= 4 is 23.7 Å². The molecule has 2 aliphatic rings. The number of esters is 1. The molecule has 0 aliphatic carbocycles. The molecule has 0 bridgehead atoms. The number of hydrogen-bond donors (Lipinski definition) is 0. The monoisotopic (exact) mass is 400 g/mol. The molecule has 1 fully saturated rings. The van der Waals surface area contributed by atoms with Gasteiger partial charge in [0.15, 0.2) is 6.61 Å². The van der Waals surface area contributed by atoms with Gasteiger partial charge in [-0.05, 0) is 43.2 Å². The van der Waals surface area contributed by atoms with Crippen LogP contribution in [0.1, 0.15) is 60.7 Å². The van der Waals surface area contributed by atoms with E-state index in [0.29, 0.717) is 19.0 Å². The average Bonchev–Trinajstić information content (AvgIpc) is 2.94. The van der Waals surface area contributed by atoms with E-state index in [4.69, 9.17) is 4.74 Å². The molecule has 0 aromatic heterocycles. The molecule has 0 saturated carbocycles. The minimum Gasteiger partial charge on any atom is -0.454 e. The molecule has 156 valence electrons. The summed E-state index contributed by atoms with van der Waals surface area (Å²) in [6.07, 6.45) is 2.30. The predicted octanol–water partition coefficient (Wildman–Crippen LogP) is 2.50. The van der Waals surface area contributed by atoms with Gasteiger partial charge in [-0.2, -0.15) is 0 Å². The number of benzene rings is 1. The molecule has 2 aliphatic heterocycles. The third-order valence-corrected chi connectivity index (χ3v) is 5.45. The van der Waals surface area contributed by atoms with Crippen molar-refractivity contribution in [1.29, 1.82) is 0 Å². The Kier molecular flexibility index (Phi) is 6.35. The second kappa shape index (κ2) is 8.76. The Morgan fingerprint density at radius 3 is 2.31 bits per heavy atom. The minimum absolute atomic E-state index is 0.0514. The van der Waals surface area contributed by atoms with E-state index >= 15 is 0 Å². The van der Waals surface area contributed by atoms with Crippen molar-refractivity contribution in [3.05, 3.63) is 35.4 Å². The highest BCUT2D eigenvalue weighted by molar-refractivity contribution is 6.22. The maximum absolute atomic E-state index is 12.8. The lowest BCUT2D eigenvalue weighted by Crippen LogP contribution is -2.47. The number of fused-ring (bicyclic) bond motifs is 1. The number of ether oxygens (including phenoxy) is 1. The number of carbonyl (C=O) groups is 4. The lowest BCUT2D eigenvalue weighted by molar-refractivity contribution is -0.156. The molecule has 3 rings (SSSR count). The first-order valence-electron chi connectivity index (χ1n) is 10.2. The number of piperidine rings is 1. The minimum atomic E-state index is -1.05. The van der Waals surface area contributed by atoms with Crippen LogP contribution in [0.3, 0.4) is 0 Å². The quantitative estimate of drug-likeness (QED) is 0.541. The molecule has 0 radical (unpaired) electrons. The van der Waals surface area contributed by atoms with Crippen molar-refractivity contribution < 1.29 is 23.9 Å². The van der Waals surface area contributed by atoms with Gasteiger partial charge in [-0.25, -0.2) is 4.79 Å². The fraction of sp³-hybridized carbons (Fsp3) is 0.545. The summed E-state index contributed by atoms with van der Waals surface area (Å²) >= 11 is 0. The van der Waals surface area contributed by atoms with E-state index in [1.165, 1.54) is 0 Å². The van der Waals surface area contributed by atoms with E-state index in [2.05, 4.69) is 6.92 Å². The fourth-order valence-electron chi connectivity index (χ4n) is 3.98. The zero-order valence-electron chi connectivity index (χ0n) is 17.2. The smallest absolute Gasteiger partial charge is 0.329 e. The molecule has 3 amide bonds. The molecule has 29 heavy (non-hydrogen) atoms. The molecule has 0 spiro atoms. The molecular formula is C22H28N2O5. The Labute approximate surface area is 171 Å². The van der Waals surface area contributed by atoms with Crippen LogP contribution in [0.15, 0.2) is 24.3 Å². The van der Waals surface area contributed by atoms with Crippen molar-refractivity contribution in [1.82, 2.24) is 9.80 Å². The van der Waals surface area contributed by atoms with Crippen molar-refractivity contribution in [3.8, 4) is 0 Å². The summed E-state index contributed by atoms with van der Waals surface area (Å²) in [7, 11) is 0. The first-order chi connectivity index (χ1) is 13.8. The van der Waals surface area contributed by atoms with Crippen LogP contribution >= 0.6 is 0 Å². The van der Waals surface area contributed by atoms with Gasteiger partial charge in [0.1, 0.15) is 6.04 Å². The van der Waals surface area contributed by atoms with Crippen LogP contribution in [0.5, 0.6) is 0 Å². The number of rotatable bonds is 6. The number of likely N-dealkylation sites (tertiary alicyclic amines) is 1. The molecule has 0 N–H and O–H groups in total. The van der Waals surface area contributed by atoms with Crippen molar-refractivity contribution in [3.63, 3.8) is 0 Å². The molecule has 2 atom stereocenters. The Morgan fingerprint density at radius 2 is 1.76 bits per heavy atom. The molecule has 2 heterocycles. The maximum Gasteiger partial charge on any atom is 0.329 e. The lowest BCUT2D eigenvalue weighted by atomic mass is 10.0. The van der Waals surface area contributed by atoms with Gasteiger partial charge in [0, 0.05) is 13.1 Å². The van der Waals surface area contributed by atoms with E-state index in [0.717, 1.165) is 17.7 Å². The van der Waals surface area contributed by atoms with Gasteiger partial charge in [-0.3, -0.25) is 19.3 Å². The number of carbonyl (C=O) groups excluding carboxylic acids is 4. The molecule has 1 saturated heterocycles. The van der Waals surface area contributed by atoms with Crippen LogP contribution in [0, 0.1) is 11.8 Å². The highest BCUT2D eigenvalue weighted by Gasteiger charge is 2.43. The van der Waals surface area contributed by atoms with Gasteiger partial charge in [0.2, 0.25) is 0 Å². The van der Waals surface area contributed by atoms with Crippen LogP contribution in [0.4, 0.5) is 0 Å². The summed E-state index contributed by atoms with van der Waals surface area (Å²) in [5.41, 5.74) is 0.579. The number of nitrogens with zero attached hydrogens (tertiary/aromatic N) is 2. The van der Waals surface area contributed by atoms with E-state index in [9.17, 15) is 19.2 Å². The van der Waals surface area contributed by atoms with Gasteiger partial charge < -0.3 is 9.64 Å². The zero-order valence-corrected chi connectivity index (χ0v) is 17.2. The largest absolute Gasteiger partial charge is 0.454 e. The number of amides is 3. The second-order valence-electron chi connectivity index (χ2n) is 8.37. The fourth-order valence-corrected chi connectivity index (χ4v) is 3.98. The van der Waals surface area contributed by atoms with Crippen molar-refractivity contribution in [2.24, 2.45) is 11.8 Å². The second-order valence-corrected chi connectivity index (χ2v) is 8.37. The van der Waals surface area contributed by atoms with Gasteiger partial charge in [-0.1, -0.05) is 32.9 Å². The van der Waals surface area contributed by atoms with E-state index < -0.39 is 23.8 Å². The van der Waals surface area contributed by atoms with Gasteiger partial charge >= 0.3 is 5.97 Å². The summed E-state index contributed by atoms with van der Waals surface area (Å²) < 4.78 is 5.29. The van der Waals surface area contributed by atoms with E-state index in [-0.39, 0.29) is 36.0 Å². The van der Waals surface area contributed by atoms with Gasteiger partial charge in [0.05, 0.1) is 11.1 Å². The summed E-state index contributed by atoms with van der Waals surface area (Å²) in [6.45, 7) is 6.84. The first kappa shape index (κ1) is 21.0. The van der Waals surface area contributed by atoms with Crippen LogP contribution in [0.25, 0.3) is 0 Å². The number of imide groups is 1. The Morgan fingerprint density at radius 1 is 1.14 bits per heavy atom. The Hall–Kier alpha value is -2.70. The molecule has 7 heteroatoms. The summed E-state index contributed by atoms with van der Waals surface area (Å²) in [5, 5.41) is 0. The van der Waals surface area contributed by atoms with Crippen molar-refractivity contribution in [2.45, 2.75) is 46.1 Å². The van der Waals surface area contributed by atoms with Crippen molar-refractivity contribution in [2.75, 3.05) is 19.7 Å². The summed E-state index contributed by atoms with van der Waals surface area (Å²) in [6, 6.07) is 5.47. The van der Waals surface area contributed by atoms with Crippen LogP contribution < -0.4 is 0 Å². The summed E-state index contributed by atoms with van der Waals surface area (Å²) in [4.78, 5) is 53.5. The molecule has 1 aromatic rings. The average molecular weight is 400 g/mol. The molecule has 7 nitrogen and oxygen atoms in total. The lowest BCUT2D eigenvalue weighted by Gasteiger charge is -2.31. The third-order valence-electron chi connectivity index (χ3n) is 5.45. The topological polar surface area (TPSA) is 84.0 Å². The maximum atomic E-state index is 12.8. The normalized spacial score (nSPS) is 20.1. The Balaban J connectivity index is 1.70. The Bertz CT molecular complexity index is 784. The van der Waals surface area contributed by atoms with Gasteiger partial charge in [-0.15, -0.1) is 0 Å². The van der Waals surface area contributed by atoms with Crippen LogP contribution in [-0.4, -0.2) is 59.2 Å². The third kappa shape index (κ3) is 4.49. The van der Waals surface area contributed by atoms with Gasteiger partial charge in [0.25, 0.3) is 17.7 Å². The molecule has 1 aromatic carbocycles. The number of hydrogen-bond acceptors (Lipinski definition) is 5. The highest BCUT2D eigenvalue weighted by atomic mass is 16.5. The predicted molar refractivity (Wildman–Crippen MR) is 106 cm³/mol. The molecule has 0 unspecified atom stereocenters. The van der Waals surface area contributed by atoms with Crippen LogP contribution in [-0.2, 0) is 14.3 Å². The molecular weight excluding hydrogens is 372 g/mol. The standard InChI is InChI=1S/C22H28N2O5/c1-14(2)11-18(24-20(26)16-8-4-5-9-17(16)21(24)27)22(28)29-13-19(25)23-10-6-7-15(3)12-23/h4-5,8-9,14-15,18H,6-7,10-13H2,1-3H3/t15-,18-/m1/s1. The highest BCUT2D eigenvalue weighted by Crippen LogP contribution is 2.27. The SMILES string of the molecule is CC(C)C[C@H](C(=O)OCC(=O)N1CCC[C@@H](C)C1)N1C(=O)c2ccccc2C1=O. The summed E-state index contributed by atoms with van der Waals surface area (Å²) in [5.74, 6) is -1.47. The van der Waals surface area contributed by atoms with E-state index in [1.807, 2.05) is 13.8 Å². The first-order valence-corrected chi connectivity index (χ1v) is 10.2. The van der Waals surface area contributed by atoms with Crippen LogP contribution in [0.2, 0.25) is 0 Å².